The standard InChI is InChI=1S/C22H24F2N2O4/c1-2-29-20-12-15(22(28)25-18-8-7-16(23)13-17(18)24)6-9-19(20)30-14-21(27)26-10-4-3-5-11-26/h6-9,12-13H,2-5,10-11,14H2,1H3,(H,25,28). The predicted molar refractivity (Wildman–Crippen MR) is 108 cm³/mol. The van der Waals surface area contributed by atoms with E-state index < -0.39 is 17.5 Å². The number of benzene rings is 2. The van der Waals surface area contributed by atoms with Crippen LogP contribution in [0.1, 0.15) is 36.5 Å². The number of rotatable bonds is 7. The fourth-order valence-corrected chi connectivity index (χ4v) is 3.20. The number of carbonyl (C=O) groups excluding carboxylic acids is 2. The molecule has 0 unspecified atom stereocenters. The van der Waals surface area contributed by atoms with E-state index in [-0.39, 0.29) is 23.8 Å². The second kappa shape index (κ2) is 10.0. The van der Waals surface area contributed by atoms with Gasteiger partial charge in [-0.25, -0.2) is 8.78 Å². The largest absolute Gasteiger partial charge is 0.490 e. The molecule has 2 amide bonds. The Morgan fingerprint density at radius 1 is 1.00 bits per heavy atom. The number of ether oxygens (including phenoxy) is 2. The lowest BCUT2D eigenvalue weighted by atomic mass is 10.1. The first-order valence-electron chi connectivity index (χ1n) is 9.91. The highest BCUT2D eigenvalue weighted by Crippen LogP contribution is 2.29. The van der Waals surface area contributed by atoms with Crippen LogP contribution < -0.4 is 14.8 Å². The molecule has 1 fully saturated rings. The van der Waals surface area contributed by atoms with Gasteiger partial charge in [-0.1, -0.05) is 0 Å². The van der Waals surface area contributed by atoms with E-state index in [2.05, 4.69) is 5.32 Å². The first kappa shape index (κ1) is 21.5. The number of anilines is 1. The average Bonchev–Trinajstić information content (AvgIpc) is 2.75. The third-order valence-corrected chi connectivity index (χ3v) is 4.74. The second-order valence-electron chi connectivity index (χ2n) is 6.90. The summed E-state index contributed by atoms with van der Waals surface area (Å²) in [7, 11) is 0. The van der Waals surface area contributed by atoms with E-state index in [1.165, 1.54) is 18.2 Å². The first-order valence-corrected chi connectivity index (χ1v) is 9.91. The Morgan fingerprint density at radius 2 is 1.77 bits per heavy atom. The van der Waals surface area contributed by atoms with Crippen molar-refractivity contribution in [3.8, 4) is 11.5 Å². The zero-order valence-electron chi connectivity index (χ0n) is 16.7. The lowest BCUT2D eigenvalue weighted by molar-refractivity contribution is -0.134. The number of hydrogen-bond donors (Lipinski definition) is 1. The van der Waals surface area contributed by atoms with E-state index in [0.717, 1.165) is 44.5 Å². The minimum absolute atomic E-state index is 0.0919. The molecule has 1 saturated heterocycles. The Balaban J connectivity index is 1.69. The lowest BCUT2D eigenvalue weighted by Crippen LogP contribution is -2.38. The summed E-state index contributed by atoms with van der Waals surface area (Å²) in [5.41, 5.74) is 0.0729. The summed E-state index contributed by atoms with van der Waals surface area (Å²) in [6, 6.07) is 7.37. The van der Waals surface area contributed by atoms with E-state index in [4.69, 9.17) is 9.47 Å². The van der Waals surface area contributed by atoms with Crippen LogP contribution in [-0.4, -0.2) is 43.0 Å². The topological polar surface area (TPSA) is 67.9 Å². The van der Waals surface area contributed by atoms with Crippen molar-refractivity contribution in [2.75, 3.05) is 31.6 Å². The van der Waals surface area contributed by atoms with Gasteiger partial charge in [-0.15, -0.1) is 0 Å². The van der Waals surface area contributed by atoms with Gasteiger partial charge in [0.2, 0.25) is 0 Å². The lowest BCUT2D eigenvalue weighted by Gasteiger charge is -2.26. The molecule has 160 valence electrons. The van der Waals surface area contributed by atoms with Gasteiger partial charge in [-0.3, -0.25) is 9.59 Å². The van der Waals surface area contributed by atoms with Crippen molar-refractivity contribution in [3.63, 3.8) is 0 Å². The molecule has 1 N–H and O–H groups in total. The minimum Gasteiger partial charge on any atom is -0.490 e. The van der Waals surface area contributed by atoms with Crippen LogP contribution in [0.25, 0.3) is 0 Å². The fourth-order valence-electron chi connectivity index (χ4n) is 3.20. The van der Waals surface area contributed by atoms with Gasteiger partial charge < -0.3 is 19.7 Å². The molecule has 0 bridgehead atoms. The number of piperidine rings is 1. The van der Waals surface area contributed by atoms with Crippen LogP contribution in [-0.2, 0) is 4.79 Å². The smallest absolute Gasteiger partial charge is 0.260 e. The van der Waals surface area contributed by atoms with Gasteiger partial charge >= 0.3 is 0 Å². The summed E-state index contributed by atoms with van der Waals surface area (Å²) in [5.74, 6) is -1.64. The van der Waals surface area contributed by atoms with Crippen LogP contribution in [0.4, 0.5) is 14.5 Å². The summed E-state index contributed by atoms with van der Waals surface area (Å²) in [6.45, 7) is 3.46. The molecule has 1 heterocycles. The van der Waals surface area contributed by atoms with Crippen molar-refractivity contribution in [1.29, 1.82) is 0 Å². The molecule has 2 aromatic carbocycles. The van der Waals surface area contributed by atoms with Gasteiger partial charge in [0.25, 0.3) is 11.8 Å². The van der Waals surface area contributed by atoms with Crippen molar-refractivity contribution >= 4 is 17.5 Å². The Labute approximate surface area is 173 Å². The zero-order valence-corrected chi connectivity index (χ0v) is 16.7. The first-order chi connectivity index (χ1) is 14.5. The maximum Gasteiger partial charge on any atom is 0.260 e. The van der Waals surface area contributed by atoms with Crippen LogP contribution in [0.5, 0.6) is 11.5 Å². The molecule has 0 aromatic heterocycles. The molecule has 0 spiro atoms. The molecule has 8 heteroatoms. The molecule has 6 nitrogen and oxygen atoms in total. The number of carbonyl (C=O) groups is 2. The molecule has 0 aliphatic carbocycles. The summed E-state index contributed by atoms with van der Waals surface area (Å²) >= 11 is 0. The normalized spacial score (nSPS) is 13.6. The monoisotopic (exact) mass is 418 g/mol. The van der Waals surface area contributed by atoms with Crippen molar-refractivity contribution in [2.45, 2.75) is 26.2 Å². The number of likely N-dealkylation sites (tertiary alicyclic amines) is 1. The van der Waals surface area contributed by atoms with E-state index >= 15 is 0 Å². The molecule has 2 aromatic rings. The van der Waals surface area contributed by atoms with Gasteiger partial charge in [0.05, 0.1) is 12.3 Å². The van der Waals surface area contributed by atoms with E-state index in [1.54, 1.807) is 11.8 Å². The Kier molecular flexibility index (Phi) is 7.21. The summed E-state index contributed by atoms with van der Waals surface area (Å²) in [4.78, 5) is 26.6. The van der Waals surface area contributed by atoms with Crippen molar-refractivity contribution in [2.24, 2.45) is 0 Å². The second-order valence-corrected chi connectivity index (χ2v) is 6.90. The number of hydrogen-bond acceptors (Lipinski definition) is 4. The number of nitrogens with one attached hydrogen (secondary N) is 1. The molecule has 0 saturated carbocycles. The van der Waals surface area contributed by atoms with Crippen LogP contribution in [0.15, 0.2) is 36.4 Å². The molecule has 0 atom stereocenters. The molecule has 1 aliphatic heterocycles. The van der Waals surface area contributed by atoms with Crippen LogP contribution >= 0.6 is 0 Å². The molecule has 3 rings (SSSR count). The highest BCUT2D eigenvalue weighted by atomic mass is 19.1. The highest BCUT2D eigenvalue weighted by molar-refractivity contribution is 6.04. The third-order valence-electron chi connectivity index (χ3n) is 4.74. The van der Waals surface area contributed by atoms with E-state index in [0.29, 0.717) is 24.2 Å². The summed E-state index contributed by atoms with van der Waals surface area (Å²) in [5, 5.41) is 2.40. The van der Waals surface area contributed by atoms with Gasteiger partial charge in [-0.2, -0.15) is 0 Å². The molecular weight excluding hydrogens is 394 g/mol. The summed E-state index contributed by atoms with van der Waals surface area (Å²) < 4.78 is 38.0. The van der Waals surface area contributed by atoms with Gasteiger partial charge in [0, 0.05) is 24.7 Å². The van der Waals surface area contributed by atoms with Gasteiger partial charge in [0.1, 0.15) is 11.6 Å². The molecular formula is C22H24F2N2O4. The molecule has 30 heavy (non-hydrogen) atoms. The Bertz CT molecular complexity index is 914. The quantitative estimate of drug-likeness (QED) is 0.738. The molecule has 0 radical (unpaired) electrons. The van der Waals surface area contributed by atoms with E-state index in [1.807, 2.05) is 0 Å². The SMILES string of the molecule is CCOc1cc(C(=O)Nc2ccc(F)cc2F)ccc1OCC(=O)N1CCCCC1. The number of amides is 2. The average molecular weight is 418 g/mol. The van der Waals surface area contributed by atoms with Crippen LogP contribution in [0, 0.1) is 11.6 Å². The van der Waals surface area contributed by atoms with E-state index in [9.17, 15) is 18.4 Å². The summed E-state index contributed by atoms with van der Waals surface area (Å²) in [6.07, 6.45) is 3.12. The van der Waals surface area contributed by atoms with Crippen molar-refractivity contribution < 1.29 is 27.8 Å². The third kappa shape index (κ3) is 5.46. The van der Waals surface area contributed by atoms with Gasteiger partial charge in [-0.05, 0) is 56.5 Å². The maximum atomic E-state index is 13.8. The predicted octanol–water partition coefficient (Wildman–Crippen LogP) is 4.01. The maximum absolute atomic E-state index is 13.8. The number of nitrogens with zero attached hydrogens (tertiary/aromatic N) is 1. The minimum atomic E-state index is -0.871. The number of halogens is 2. The van der Waals surface area contributed by atoms with Crippen molar-refractivity contribution in [3.05, 3.63) is 53.6 Å². The van der Waals surface area contributed by atoms with Crippen LogP contribution in [0.3, 0.4) is 0 Å². The van der Waals surface area contributed by atoms with Crippen LogP contribution in [0.2, 0.25) is 0 Å². The van der Waals surface area contributed by atoms with Crippen molar-refractivity contribution in [1.82, 2.24) is 4.90 Å². The Hall–Kier alpha value is -3.16. The van der Waals surface area contributed by atoms with Gasteiger partial charge in [0.15, 0.2) is 18.1 Å². The highest BCUT2D eigenvalue weighted by Gasteiger charge is 2.19. The zero-order chi connectivity index (χ0) is 21.5. The Morgan fingerprint density at radius 3 is 2.47 bits per heavy atom. The fraction of sp³-hybridized carbons (Fsp3) is 0.364. The molecule has 1 aliphatic rings.